The van der Waals surface area contributed by atoms with Crippen molar-refractivity contribution in [2.75, 3.05) is 6.54 Å². The van der Waals surface area contributed by atoms with Crippen molar-refractivity contribution in [2.24, 2.45) is 5.41 Å². The van der Waals surface area contributed by atoms with Crippen LogP contribution in [0.15, 0.2) is 18.2 Å². The lowest BCUT2D eigenvalue weighted by Gasteiger charge is -2.11. The summed E-state index contributed by atoms with van der Waals surface area (Å²) >= 11 is 0. The molecular formula is C13H18FN. The van der Waals surface area contributed by atoms with Crippen LogP contribution in [-0.2, 0) is 6.54 Å². The zero-order valence-electron chi connectivity index (χ0n) is 9.44. The van der Waals surface area contributed by atoms with Gasteiger partial charge >= 0.3 is 0 Å². The number of rotatable bonds is 4. The van der Waals surface area contributed by atoms with Gasteiger partial charge in [0.15, 0.2) is 0 Å². The highest BCUT2D eigenvalue weighted by Crippen LogP contribution is 2.44. The Kier molecular flexibility index (Phi) is 2.79. The molecule has 0 aliphatic heterocycles. The van der Waals surface area contributed by atoms with E-state index in [0.29, 0.717) is 5.41 Å². The van der Waals surface area contributed by atoms with Crippen molar-refractivity contribution in [3.05, 3.63) is 35.1 Å². The average molecular weight is 207 g/mol. The van der Waals surface area contributed by atoms with Gasteiger partial charge in [-0.2, -0.15) is 0 Å². The van der Waals surface area contributed by atoms with E-state index >= 15 is 0 Å². The third-order valence-electron chi connectivity index (χ3n) is 3.28. The number of halogens is 1. The minimum absolute atomic E-state index is 0.148. The summed E-state index contributed by atoms with van der Waals surface area (Å²) < 4.78 is 12.8. The molecule has 1 aliphatic carbocycles. The van der Waals surface area contributed by atoms with Gasteiger partial charge in [0.1, 0.15) is 5.82 Å². The zero-order valence-corrected chi connectivity index (χ0v) is 9.44. The van der Waals surface area contributed by atoms with Crippen molar-refractivity contribution in [2.45, 2.75) is 33.2 Å². The van der Waals surface area contributed by atoms with Crippen LogP contribution in [-0.4, -0.2) is 6.54 Å². The minimum atomic E-state index is -0.148. The Hall–Kier alpha value is -0.890. The molecule has 0 saturated heterocycles. The van der Waals surface area contributed by atoms with Crippen LogP contribution < -0.4 is 5.32 Å². The molecule has 0 amide bonds. The molecule has 1 fully saturated rings. The van der Waals surface area contributed by atoms with Gasteiger partial charge in [-0.15, -0.1) is 0 Å². The van der Waals surface area contributed by atoms with Crippen molar-refractivity contribution >= 4 is 0 Å². The van der Waals surface area contributed by atoms with Crippen LogP contribution >= 0.6 is 0 Å². The van der Waals surface area contributed by atoms with Gasteiger partial charge in [-0.1, -0.05) is 13.0 Å². The minimum Gasteiger partial charge on any atom is -0.312 e. The number of hydrogen-bond donors (Lipinski definition) is 1. The van der Waals surface area contributed by atoms with Crippen LogP contribution in [0.25, 0.3) is 0 Å². The molecule has 1 nitrogen and oxygen atoms in total. The lowest BCUT2D eigenvalue weighted by Crippen LogP contribution is -2.21. The van der Waals surface area contributed by atoms with Crippen molar-refractivity contribution in [3.8, 4) is 0 Å². The maximum absolute atomic E-state index is 12.8. The predicted octanol–water partition coefficient (Wildman–Crippen LogP) is 3.02. The Balaban J connectivity index is 1.87. The molecule has 15 heavy (non-hydrogen) atoms. The van der Waals surface area contributed by atoms with E-state index in [4.69, 9.17) is 0 Å². The molecule has 0 bridgehead atoms. The van der Waals surface area contributed by atoms with Gasteiger partial charge in [0.25, 0.3) is 0 Å². The van der Waals surface area contributed by atoms with Crippen molar-refractivity contribution in [1.29, 1.82) is 0 Å². The van der Waals surface area contributed by atoms with Crippen molar-refractivity contribution in [3.63, 3.8) is 0 Å². The largest absolute Gasteiger partial charge is 0.312 e. The highest BCUT2D eigenvalue weighted by Gasteiger charge is 2.36. The summed E-state index contributed by atoms with van der Waals surface area (Å²) in [7, 11) is 0. The molecular weight excluding hydrogens is 189 g/mol. The number of benzene rings is 1. The second kappa shape index (κ2) is 3.93. The van der Waals surface area contributed by atoms with E-state index in [-0.39, 0.29) is 5.82 Å². The molecule has 2 rings (SSSR count). The molecule has 1 aliphatic rings. The molecule has 1 aromatic carbocycles. The first kappa shape index (κ1) is 10.6. The quantitative estimate of drug-likeness (QED) is 0.800. The molecule has 0 spiro atoms. The summed E-state index contributed by atoms with van der Waals surface area (Å²) in [5, 5.41) is 3.44. The van der Waals surface area contributed by atoms with E-state index in [1.54, 1.807) is 6.07 Å². The Labute approximate surface area is 90.7 Å². The number of aryl methyl sites for hydroxylation is 1. The van der Waals surface area contributed by atoms with Gasteiger partial charge in [-0.25, -0.2) is 4.39 Å². The molecule has 82 valence electrons. The third kappa shape index (κ3) is 2.78. The van der Waals surface area contributed by atoms with E-state index in [2.05, 4.69) is 12.2 Å². The average Bonchev–Trinajstić information content (AvgIpc) is 2.88. The van der Waals surface area contributed by atoms with Crippen LogP contribution in [0.5, 0.6) is 0 Å². The monoisotopic (exact) mass is 207 g/mol. The Morgan fingerprint density at radius 3 is 2.73 bits per heavy atom. The van der Waals surface area contributed by atoms with Crippen molar-refractivity contribution < 1.29 is 4.39 Å². The lowest BCUT2D eigenvalue weighted by molar-refractivity contribution is 0.498. The smallest absolute Gasteiger partial charge is 0.123 e. The first-order valence-corrected chi connectivity index (χ1v) is 5.55. The number of nitrogens with one attached hydrogen (secondary N) is 1. The maximum Gasteiger partial charge on any atom is 0.123 e. The third-order valence-corrected chi connectivity index (χ3v) is 3.28. The Morgan fingerprint density at radius 2 is 2.13 bits per heavy atom. The van der Waals surface area contributed by atoms with Crippen LogP contribution in [0.3, 0.4) is 0 Å². The summed E-state index contributed by atoms with van der Waals surface area (Å²) in [6, 6.07) is 4.99. The van der Waals surface area contributed by atoms with Gasteiger partial charge < -0.3 is 5.32 Å². The van der Waals surface area contributed by atoms with Gasteiger partial charge in [0.2, 0.25) is 0 Å². The molecule has 1 N–H and O–H groups in total. The molecule has 0 heterocycles. The second-order valence-corrected chi connectivity index (χ2v) is 4.99. The fourth-order valence-electron chi connectivity index (χ4n) is 1.75. The fourth-order valence-corrected chi connectivity index (χ4v) is 1.75. The first-order chi connectivity index (χ1) is 7.09. The van der Waals surface area contributed by atoms with Crippen LogP contribution in [0.4, 0.5) is 4.39 Å². The molecule has 1 saturated carbocycles. The van der Waals surface area contributed by atoms with E-state index in [1.165, 1.54) is 24.5 Å². The highest BCUT2D eigenvalue weighted by molar-refractivity contribution is 5.26. The van der Waals surface area contributed by atoms with E-state index < -0.39 is 0 Å². The molecule has 0 aromatic heterocycles. The number of hydrogen-bond acceptors (Lipinski definition) is 1. The van der Waals surface area contributed by atoms with Crippen molar-refractivity contribution in [1.82, 2.24) is 5.32 Å². The lowest BCUT2D eigenvalue weighted by atomic mass is 10.1. The van der Waals surface area contributed by atoms with E-state index in [9.17, 15) is 4.39 Å². The topological polar surface area (TPSA) is 12.0 Å². The Morgan fingerprint density at radius 1 is 1.40 bits per heavy atom. The molecule has 2 heteroatoms. The highest BCUT2D eigenvalue weighted by atomic mass is 19.1. The summed E-state index contributed by atoms with van der Waals surface area (Å²) in [6.07, 6.45) is 2.67. The first-order valence-electron chi connectivity index (χ1n) is 5.55. The van der Waals surface area contributed by atoms with Crippen LogP contribution in [0.1, 0.15) is 30.9 Å². The summed E-state index contributed by atoms with van der Waals surface area (Å²) in [5.41, 5.74) is 2.76. The predicted molar refractivity (Wildman–Crippen MR) is 60.2 cm³/mol. The standard InChI is InChI=1S/C13H18FN/c1-10-7-12(14)4-3-11(10)8-15-9-13(2)5-6-13/h3-4,7,15H,5-6,8-9H2,1-2H3. The summed E-state index contributed by atoms with van der Waals surface area (Å²) in [6.45, 7) is 6.18. The van der Waals surface area contributed by atoms with Gasteiger partial charge in [0.05, 0.1) is 0 Å². The van der Waals surface area contributed by atoms with Gasteiger partial charge in [-0.05, 0) is 48.4 Å². The second-order valence-electron chi connectivity index (χ2n) is 4.99. The van der Waals surface area contributed by atoms with Crippen LogP contribution in [0, 0.1) is 18.2 Å². The van der Waals surface area contributed by atoms with E-state index in [1.807, 2.05) is 13.0 Å². The summed E-state index contributed by atoms with van der Waals surface area (Å²) in [4.78, 5) is 0. The fraction of sp³-hybridized carbons (Fsp3) is 0.538. The SMILES string of the molecule is Cc1cc(F)ccc1CNCC1(C)CC1. The molecule has 1 aromatic rings. The Bertz CT molecular complexity index is 356. The van der Waals surface area contributed by atoms with Gasteiger partial charge in [-0.3, -0.25) is 0 Å². The normalized spacial score (nSPS) is 17.8. The maximum atomic E-state index is 12.8. The van der Waals surface area contributed by atoms with E-state index in [0.717, 1.165) is 18.7 Å². The zero-order chi connectivity index (χ0) is 10.9. The van der Waals surface area contributed by atoms with Gasteiger partial charge in [0, 0.05) is 13.1 Å². The summed E-state index contributed by atoms with van der Waals surface area (Å²) in [5.74, 6) is -0.148. The molecule has 0 unspecified atom stereocenters. The van der Waals surface area contributed by atoms with Crippen LogP contribution in [0.2, 0.25) is 0 Å². The molecule has 0 radical (unpaired) electrons. The molecule has 0 atom stereocenters.